The Kier molecular flexibility index (Phi) is 4.69. The maximum atomic E-state index is 13.6. The monoisotopic (exact) mass is 356 g/mol. The fourth-order valence-corrected chi connectivity index (χ4v) is 4.17. The maximum absolute atomic E-state index is 13.6. The van der Waals surface area contributed by atoms with Crippen LogP contribution in [0.2, 0.25) is 0 Å². The van der Waals surface area contributed by atoms with E-state index in [1.54, 1.807) is 0 Å². The lowest BCUT2D eigenvalue weighted by atomic mass is 9.92. The molecule has 0 N–H and O–H groups in total. The quantitative estimate of drug-likeness (QED) is 0.731. The number of carbonyl (C=O) groups is 1. The predicted molar refractivity (Wildman–Crippen MR) is 90.6 cm³/mol. The first-order valence-electron chi connectivity index (χ1n) is 8.08. The molecule has 0 radical (unpaired) electrons. The number of hydrogen-bond acceptors (Lipinski definition) is 3. The number of pyridine rings is 1. The number of ketones is 1. The second-order valence-corrected chi connectivity index (χ2v) is 8.22. The summed E-state index contributed by atoms with van der Waals surface area (Å²) in [6.07, 6.45) is 0.638. The Labute approximate surface area is 141 Å². The van der Waals surface area contributed by atoms with Gasteiger partial charge in [0.1, 0.15) is 5.82 Å². The first-order chi connectivity index (χ1) is 11.3. The van der Waals surface area contributed by atoms with Crippen LogP contribution in [0.15, 0.2) is 12.1 Å². The van der Waals surface area contributed by atoms with Crippen molar-refractivity contribution in [3.05, 3.63) is 29.0 Å². The van der Waals surface area contributed by atoms with E-state index >= 15 is 0 Å². The Hall–Kier alpha value is -1.42. The molecule has 1 aromatic heterocycles. The summed E-state index contributed by atoms with van der Waals surface area (Å²) >= 11 is 0. The first-order valence-corrected chi connectivity index (χ1v) is 9.10. The third kappa shape index (κ3) is 3.80. The van der Waals surface area contributed by atoms with E-state index in [2.05, 4.69) is 4.98 Å². The highest BCUT2D eigenvalue weighted by Gasteiger charge is 2.38. The number of allylic oxidation sites excluding steroid dienone is 2. The van der Waals surface area contributed by atoms with Crippen LogP contribution in [0.4, 0.5) is 19.0 Å². The lowest BCUT2D eigenvalue weighted by Gasteiger charge is -2.24. The van der Waals surface area contributed by atoms with Crippen molar-refractivity contribution in [3.63, 3.8) is 0 Å². The molecule has 1 heterocycles. The number of alkyl halides is 3. The largest absolute Gasteiger partial charge is 0.418 e. The number of anilines is 1. The van der Waals surface area contributed by atoms with Crippen LogP contribution in [0.3, 0.4) is 0 Å². The molecule has 3 nitrogen and oxygen atoms in total. The molecule has 0 spiro atoms. The van der Waals surface area contributed by atoms with Crippen LogP contribution in [0, 0.1) is 6.92 Å². The van der Waals surface area contributed by atoms with Crippen molar-refractivity contribution in [2.45, 2.75) is 50.9 Å². The van der Waals surface area contributed by atoms with Gasteiger partial charge in [-0.1, -0.05) is 0 Å². The van der Waals surface area contributed by atoms with Gasteiger partial charge >= 0.3 is 6.18 Å². The van der Waals surface area contributed by atoms with Crippen molar-refractivity contribution in [1.29, 1.82) is 0 Å². The van der Waals surface area contributed by atoms with Gasteiger partial charge in [0.15, 0.2) is 5.78 Å². The standard InChI is InChI=1S/C17H20F3N2OP/c1-10-8-14(22(2)24-13-6-7-13)21-16(15(10)17(18,19)20)11-4-3-5-12(23)9-11/h8-9,13,24H,3-7H2,1-2H3. The van der Waals surface area contributed by atoms with Crippen LogP contribution < -0.4 is 4.67 Å². The van der Waals surface area contributed by atoms with E-state index < -0.39 is 11.7 Å². The molecule has 0 bridgehead atoms. The van der Waals surface area contributed by atoms with E-state index in [0.29, 0.717) is 45.0 Å². The smallest absolute Gasteiger partial charge is 0.341 e. The molecule has 0 saturated heterocycles. The average Bonchev–Trinajstić information content (AvgIpc) is 3.29. The highest BCUT2D eigenvalue weighted by Crippen LogP contribution is 2.44. The van der Waals surface area contributed by atoms with E-state index in [4.69, 9.17) is 0 Å². The average molecular weight is 356 g/mol. The Balaban J connectivity index is 2.07. The molecule has 7 heteroatoms. The summed E-state index contributed by atoms with van der Waals surface area (Å²) in [7, 11) is 2.41. The van der Waals surface area contributed by atoms with Gasteiger partial charge in [-0.2, -0.15) is 13.2 Å². The topological polar surface area (TPSA) is 33.2 Å². The molecule has 2 aliphatic rings. The Bertz CT molecular complexity index is 696. The molecule has 2 aliphatic carbocycles. The fourth-order valence-electron chi connectivity index (χ4n) is 2.95. The van der Waals surface area contributed by atoms with E-state index in [1.165, 1.54) is 31.9 Å². The zero-order valence-electron chi connectivity index (χ0n) is 13.7. The summed E-state index contributed by atoms with van der Waals surface area (Å²) in [4.78, 5) is 16.0. The Morgan fingerprint density at radius 2 is 2.00 bits per heavy atom. The molecule has 3 rings (SSSR count). The minimum atomic E-state index is -4.48. The summed E-state index contributed by atoms with van der Waals surface area (Å²) < 4.78 is 42.6. The zero-order chi connectivity index (χ0) is 17.5. The van der Waals surface area contributed by atoms with Crippen molar-refractivity contribution in [2.24, 2.45) is 0 Å². The molecule has 1 unspecified atom stereocenters. The van der Waals surface area contributed by atoms with Crippen molar-refractivity contribution in [1.82, 2.24) is 4.98 Å². The SMILES string of the molecule is Cc1cc(N(C)PC2CC2)nc(C2=CC(=O)CCC2)c1C(F)(F)F. The summed E-state index contributed by atoms with van der Waals surface area (Å²) in [5.74, 6) is 0.432. The molecule has 24 heavy (non-hydrogen) atoms. The third-order valence-electron chi connectivity index (χ3n) is 4.29. The summed E-state index contributed by atoms with van der Waals surface area (Å²) in [6.45, 7) is 1.47. The molecule has 130 valence electrons. The maximum Gasteiger partial charge on any atom is 0.418 e. The molecular weight excluding hydrogens is 336 g/mol. The number of nitrogens with zero attached hydrogens (tertiary/aromatic N) is 2. The van der Waals surface area contributed by atoms with Gasteiger partial charge < -0.3 is 4.67 Å². The summed E-state index contributed by atoms with van der Waals surface area (Å²) in [5.41, 5.74) is 0.423. The van der Waals surface area contributed by atoms with Gasteiger partial charge in [0, 0.05) is 13.5 Å². The minimum Gasteiger partial charge on any atom is -0.341 e. The molecule has 1 aromatic rings. The number of hydrogen-bond donors (Lipinski definition) is 0. The van der Waals surface area contributed by atoms with Crippen LogP contribution in [0.25, 0.3) is 5.57 Å². The molecule has 1 fully saturated rings. The molecule has 1 saturated carbocycles. The van der Waals surface area contributed by atoms with Gasteiger partial charge in [0.25, 0.3) is 0 Å². The molecule has 0 aliphatic heterocycles. The Morgan fingerprint density at radius 1 is 1.29 bits per heavy atom. The molecule has 1 atom stereocenters. The predicted octanol–water partition coefficient (Wildman–Crippen LogP) is 4.74. The van der Waals surface area contributed by atoms with E-state index in [0.717, 1.165) is 0 Å². The summed E-state index contributed by atoms with van der Waals surface area (Å²) in [6, 6.07) is 1.51. The zero-order valence-corrected chi connectivity index (χ0v) is 14.7. The normalized spacial score (nSPS) is 19.0. The van der Waals surface area contributed by atoms with Crippen molar-refractivity contribution in [2.75, 3.05) is 11.7 Å². The third-order valence-corrected chi connectivity index (χ3v) is 5.85. The van der Waals surface area contributed by atoms with Crippen LogP contribution in [0.5, 0.6) is 0 Å². The van der Waals surface area contributed by atoms with Crippen LogP contribution in [-0.2, 0) is 11.0 Å². The number of rotatable bonds is 4. The second kappa shape index (κ2) is 6.47. The van der Waals surface area contributed by atoms with Gasteiger partial charge in [0.2, 0.25) is 0 Å². The van der Waals surface area contributed by atoms with Crippen LogP contribution >= 0.6 is 8.73 Å². The van der Waals surface area contributed by atoms with Gasteiger partial charge in [-0.05, 0) is 70.3 Å². The van der Waals surface area contributed by atoms with Gasteiger partial charge in [-0.15, -0.1) is 0 Å². The first kappa shape index (κ1) is 17.4. The van der Waals surface area contributed by atoms with Gasteiger partial charge in [-0.3, -0.25) is 4.79 Å². The van der Waals surface area contributed by atoms with Gasteiger partial charge in [-0.25, -0.2) is 4.98 Å². The molecular formula is C17H20F3N2OP. The number of halogens is 3. The number of aryl methyl sites for hydroxylation is 1. The molecule has 0 aromatic carbocycles. The van der Waals surface area contributed by atoms with Crippen molar-refractivity contribution >= 4 is 25.9 Å². The number of carbonyl (C=O) groups excluding carboxylic acids is 1. The van der Waals surface area contributed by atoms with E-state index in [9.17, 15) is 18.0 Å². The highest BCUT2D eigenvalue weighted by atomic mass is 31.1. The fraction of sp³-hybridized carbons (Fsp3) is 0.529. The van der Waals surface area contributed by atoms with E-state index in [1.807, 2.05) is 11.7 Å². The number of aromatic nitrogens is 1. The van der Waals surface area contributed by atoms with Crippen molar-refractivity contribution < 1.29 is 18.0 Å². The van der Waals surface area contributed by atoms with Crippen LogP contribution in [-0.4, -0.2) is 23.5 Å². The Morgan fingerprint density at radius 3 is 2.58 bits per heavy atom. The molecule has 0 amide bonds. The van der Waals surface area contributed by atoms with Crippen molar-refractivity contribution in [3.8, 4) is 0 Å². The highest BCUT2D eigenvalue weighted by molar-refractivity contribution is 7.41. The second-order valence-electron chi connectivity index (χ2n) is 6.47. The summed E-state index contributed by atoms with van der Waals surface area (Å²) in [5, 5.41) is 0. The minimum absolute atomic E-state index is 0.0713. The van der Waals surface area contributed by atoms with Gasteiger partial charge in [0.05, 0.1) is 11.3 Å². The van der Waals surface area contributed by atoms with Crippen LogP contribution in [0.1, 0.15) is 48.9 Å². The lowest BCUT2D eigenvalue weighted by Crippen LogP contribution is -2.17. The lowest BCUT2D eigenvalue weighted by molar-refractivity contribution is -0.138. The van der Waals surface area contributed by atoms with E-state index in [-0.39, 0.29) is 17.0 Å².